The lowest BCUT2D eigenvalue weighted by Crippen LogP contribution is -2.30. The van der Waals surface area contributed by atoms with E-state index in [0.717, 1.165) is 17.9 Å². The van der Waals surface area contributed by atoms with Crippen LogP contribution in [-0.4, -0.2) is 35.8 Å². The molecule has 0 saturated heterocycles. The Morgan fingerprint density at radius 3 is 2.95 bits per heavy atom. The standard InChI is InChI=1S/C12H16ClFN2O2S/c13-9-2-3-10(14)11(8-9)16-12(18)15-4-7-19-6-1-5-17/h2-3,8,17H,1,4-7H2,(H2,15,16,18). The van der Waals surface area contributed by atoms with Crippen molar-refractivity contribution in [2.75, 3.05) is 30.0 Å². The van der Waals surface area contributed by atoms with Crippen LogP contribution in [-0.2, 0) is 0 Å². The van der Waals surface area contributed by atoms with Gasteiger partial charge in [0.1, 0.15) is 5.82 Å². The predicted octanol–water partition coefficient (Wildman–Crippen LogP) is 2.72. The predicted molar refractivity (Wildman–Crippen MR) is 77.5 cm³/mol. The number of carbonyl (C=O) groups is 1. The molecule has 3 N–H and O–H groups in total. The monoisotopic (exact) mass is 306 g/mol. The fraction of sp³-hybridized carbons (Fsp3) is 0.417. The second-order valence-corrected chi connectivity index (χ2v) is 5.36. The number of thioether (sulfide) groups is 1. The molecule has 1 aromatic rings. The summed E-state index contributed by atoms with van der Waals surface area (Å²) in [6.45, 7) is 0.652. The minimum atomic E-state index is -0.531. The Labute approximate surface area is 120 Å². The molecule has 0 heterocycles. The molecule has 0 aliphatic heterocycles. The summed E-state index contributed by atoms with van der Waals surface area (Å²) in [7, 11) is 0. The van der Waals surface area contributed by atoms with Gasteiger partial charge in [-0.2, -0.15) is 11.8 Å². The highest BCUT2D eigenvalue weighted by Gasteiger charge is 2.06. The minimum absolute atomic E-state index is 0.0536. The lowest BCUT2D eigenvalue weighted by molar-refractivity contribution is 0.252. The molecular weight excluding hydrogens is 291 g/mol. The second kappa shape index (κ2) is 9.01. The topological polar surface area (TPSA) is 61.4 Å². The smallest absolute Gasteiger partial charge is 0.319 e. The van der Waals surface area contributed by atoms with Crippen LogP contribution < -0.4 is 10.6 Å². The molecule has 0 aliphatic rings. The summed E-state index contributed by atoms with van der Waals surface area (Å²) in [5.74, 6) is 1.06. The van der Waals surface area contributed by atoms with E-state index in [2.05, 4.69) is 10.6 Å². The van der Waals surface area contributed by atoms with E-state index >= 15 is 0 Å². The zero-order valence-electron chi connectivity index (χ0n) is 10.3. The highest BCUT2D eigenvalue weighted by Crippen LogP contribution is 2.19. The molecule has 0 fully saturated rings. The van der Waals surface area contributed by atoms with E-state index in [-0.39, 0.29) is 12.3 Å². The number of anilines is 1. The van der Waals surface area contributed by atoms with Gasteiger partial charge in [-0.05, 0) is 30.4 Å². The summed E-state index contributed by atoms with van der Waals surface area (Å²) in [4.78, 5) is 11.5. The molecule has 1 rings (SSSR count). The Balaban J connectivity index is 2.25. The first-order chi connectivity index (χ1) is 9.13. The molecule has 1 aromatic carbocycles. The average molecular weight is 307 g/mol. The number of hydrogen-bond donors (Lipinski definition) is 3. The number of aliphatic hydroxyl groups excluding tert-OH is 1. The first kappa shape index (κ1) is 16.1. The maximum Gasteiger partial charge on any atom is 0.319 e. The van der Waals surface area contributed by atoms with Crippen molar-refractivity contribution in [3.8, 4) is 0 Å². The van der Waals surface area contributed by atoms with Crippen LogP contribution in [0.5, 0.6) is 0 Å². The van der Waals surface area contributed by atoms with Crippen LogP contribution in [0.2, 0.25) is 5.02 Å². The number of halogens is 2. The summed E-state index contributed by atoms with van der Waals surface area (Å²) in [5, 5.41) is 13.9. The number of aliphatic hydroxyl groups is 1. The largest absolute Gasteiger partial charge is 0.396 e. The number of hydrogen-bond acceptors (Lipinski definition) is 3. The van der Waals surface area contributed by atoms with Crippen molar-refractivity contribution in [1.82, 2.24) is 5.32 Å². The van der Waals surface area contributed by atoms with Gasteiger partial charge in [-0.3, -0.25) is 0 Å². The normalized spacial score (nSPS) is 10.3. The number of nitrogens with one attached hydrogen (secondary N) is 2. The first-order valence-electron chi connectivity index (χ1n) is 5.82. The number of carbonyl (C=O) groups excluding carboxylic acids is 1. The van der Waals surface area contributed by atoms with Crippen molar-refractivity contribution in [2.45, 2.75) is 6.42 Å². The molecule has 0 aliphatic carbocycles. The van der Waals surface area contributed by atoms with E-state index in [0.29, 0.717) is 11.6 Å². The fourth-order valence-corrected chi connectivity index (χ4v) is 2.22. The molecule has 0 atom stereocenters. The third-order valence-corrected chi connectivity index (χ3v) is 3.46. The number of benzene rings is 1. The van der Waals surface area contributed by atoms with Crippen molar-refractivity contribution in [1.29, 1.82) is 0 Å². The molecule has 0 unspecified atom stereocenters. The highest BCUT2D eigenvalue weighted by molar-refractivity contribution is 7.99. The second-order valence-electron chi connectivity index (χ2n) is 3.69. The van der Waals surface area contributed by atoms with E-state index in [1.54, 1.807) is 11.8 Å². The van der Waals surface area contributed by atoms with Crippen LogP contribution in [0.1, 0.15) is 6.42 Å². The van der Waals surface area contributed by atoms with Crippen LogP contribution >= 0.6 is 23.4 Å². The molecule has 0 spiro atoms. The summed E-state index contributed by atoms with van der Waals surface area (Å²) in [6.07, 6.45) is 0.741. The maximum atomic E-state index is 13.3. The van der Waals surface area contributed by atoms with Gasteiger partial charge in [0.05, 0.1) is 5.69 Å². The van der Waals surface area contributed by atoms with Crippen LogP contribution in [0.25, 0.3) is 0 Å². The van der Waals surface area contributed by atoms with Crippen molar-refractivity contribution in [2.24, 2.45) is 0 Å². The third-order valence-electron chi connectivity index (χ3n) is 2.16. The minimum Gasteiger partial charge on any atom is -0.396 e. The van der Waals surface area contributed by atoms with E-state index < -0.39 is 11.8 Å². The van der Waals surface area contributed by atoms with Crippen molar-refractivity contribution < 1.29 is 14.3 Å². The van der Waals surface area contributed by atoms with Crippen molar-refractivity contribution in [3.05, 3.63) is 29.0 Å². The molecule has 0 aromatic heterocycles. The number of urea groups is 1. The summed E-state index contributed by atoms with van der Waals surface area (Å²) < 4.78 is 13.3. The molecule has 7 heteroatoms. The molecule has 4 nitrogen and oxygen atoms in total. The third kappa shape index (κ3) is 6.66. The van der Waals surface area contributed by atoms with Crippen LogP contribution in [0.3, 0.4) is 0 Å². The van der Waals surface area contributed by atoms with E-state index in [1.165, 1.54) is 18.2 Å². The highest BCUT2D eigenvalue weighted by atomic mass is 35.5. The maximum absolute atomic E-state index is 13.3. The fourth-order valence-electron chi connectivity index (χ4n) is 1.27. The molecule has 19 heavy (non-hydrogen) atoms. The Hall–Kier alpha value is -0.980. The lowest BCUT2D eigenvalue weighted by atomic mass is 10.3. The molecule has 106 valence electrons. The van der Waals surface area contributed by atoms with Gasteiger partial charge in [-0.1, -0.05) is 11.6 Å². The molecular formula is C12H16ClFN2O2S. The van der Waals surface area contributed by atoms with E-state index in [1.807, 2.05) is 0 Å². The van der Waals surface area contributed by atoms with E-state index in [9.17, 15) is 9.18 Å². The van der Waals surface area contributed by atoms with Gasteiger partial charge in [-0.25, -0.2) is 9.18 Å². The van der Waals surface area contributed by atoms with E-state index in [4.69, 9.17) is 16.7 Å². The Kier molecular flexibility index (Phi) is 7.62. The Morgan fingerprint density at radius 2 is 2.21 bits per heavy atom. The molecule has 0 saturated carbocycles. The lowest BCUT2D eigenvalue weighted by Gasteiger charge is -2.08. The van der Waals surface area contributed by atoms with Crippen LogP contribution in [0, 0.1) is 5.82 Å². The van der Waals surface area contributed by atoms with Crippen molar-refractivity contribution in [3.63, 3.8) is 0 Å². The molecule has 0 radical (unpaired) electrons. The van der Waals surface area contributed by atoms with Gasteiger partial charge in [0.15, 0.2) is 0 Å². The average Bonchev–Trinajstić information content (AvgIpc) is 2.38. The first-order valence-corrected chi connectivity index (χ1v) is 7.35. The van der Waals surface area contributed by atoms with Gasteiger partial charge in [0.2, 0.25) is 0 Å². The van der Waals surface area contributed by atoms with Gasteiger partial charge in [-0.15, -0.1) is 0 Å². The van der Waals surface area contributed by atoms with Crippen molar-refractivity contribution >= 4 is 35.1 Å². The SMILES string of the molecule is O=C(NCCSCCCO)Nc1cc(Cl)ccc1F. The molecule has 0 bridgehead atoms. The quantitative estimate of drug-likeness (QED) is 0.679. The zero-order valence-corrected chi connectivity index (χ0v) is 11.9. The van der Waals surface area contributed by atoms with Crippen LogP contribution in [0.15, 0.2) is 18.2 Å². The number of rotatable bonds is 7. The van der Waals surface area contributed by atoms with Crippen LogP contribution in [0.4, 0.5) is 14.9 Å². The van der Waals surface area contributed by atoms with Gasteiger partial charge in [0.25, 0.3) is 0 Å². The Bertz CT molecular complexity index is 421. The summed E-state index contributed by atoms with van der Waals surface area (Å²) in [6, 6.07) is 3.50. The van der Waals surface area contributed by atoms with Gasteiger partial charge >= 0.3 is 6.03 Å². The van der Waals surface area contributed by atoms with Gasteiger partial charge in [0, 0.05) is 23.9 Å². The number of amides is 2. The van der Waals surface area contributed by atoms with Gasteiger partial charge < -0.3 is 15.7 Å². The zero-order chi connectivity index (χ0) is 14.1. The summed E-state index contributed by atoms with van der Waals surface area (Å²) in [5.41, 5.74) is 0.0536. The summed E-state index contributed by atoms with van der Waals surface area (Å²) >= 11 is 7.35. The Morgan fingerprint density at radius 1 is 1.42 bits per heavy atom. The molecule has 2 amide bonds.